The molecule has 1 aromatic rings. The van der Waals surface area contributed by atoms with Crippen molar-refractivity contribution in [1.29, 1.82) is 0 Å². The summed E-state index contributed by atoms with van der Waals surface area (Å²) in [6.07, 6.45) is 2.60. The highest BCUT2D eigenvalue weighted by molar-refractivity contribution is 5.23. The van der Waals surface area contributed by atoms with Gasteiger partial charge in [-0.25, -0.2) is 4.79 Å². The summed E-state index contributed by atoms with van der Waals surface area (Å²) in [5, 5.41) is 9.16. The van der Waals surface area contributed by atoms with Crippen LogP contribution in [0.1, 0.15) is 26.0 Å². The lowest BCUT2D eigenvalue weighted by Gasteiger charge is -2.22. The fourth-order valence-electron chi connectivity index (χ4n) is 1.83. The number of rotatable bonds is 2. The number of anilines is 1. The van der Waals surface area contributed by atoms with Crippen LogP contribution in [0.15, 0.2) is 17.1 Å². The summed E-state index contributed by atoms with van der Waals surface area (Å²) in [5.41, 5.74) is 4.41. The molecule has 2 rings (SSSR count). The van der Waals surface area contributed by atoms with Crippen LogP contribution in [0.25, 0.3) is 0 Å². The maximum Gasteiger partial charge on any atom is 0.351 e. The molecule has 2 heterocycles. The van der Waals surface area contributed by atoms with Gasteiger partial charge in [-0.15, -0.1) is 0 Å². The lowest BCUT2D eigenvalue weighted by Crippen LogP contribution is -2.32. The molecule has 1 unspecified atom stereocenters. The van der Waals surface area contributed by atoms with Gasteiger partial charge in [-0.1, -0.05) is 0 Å². The lowest BCUT2D eigenvalue weighted by atomic mass is 10.0. The van der Waals surface area contributed by atoms with Crippen molar-refractivity contribution in [3.63, 3.8) is 0 Å². The van der Waals surface area contributed by atoms with Gasteiger partial charge in [0, 0.05) is 6.20 Å². The molecule has 1 aliphatic heterocycles. The Balaban J connectivity index is 2.24. The van der Waals surface area contributed by atoms with Crippen molar-refractivity contribution in [3.8, 4) is 0 Å². The highest BCUT2D eigenvalue weighted by Crippen LogP contribution is 2.34. The second kappa shape index (κ2) is 3.88. The van der Waals surface area contributed by atoms with Crippen molar-refractivity contribution in [2.24, 2.45) is 0 Å². The Bertz CT molecular complexity index is 445. The molecule has 0 saturated carbocycles. The smallest absolute Gasteiger partial charge is 0.351 e. The van der Waals surface area contributed by atoms with Crippen LogP contribution >= 0.6 is 0 Å². The molecule has 3 N–H and O–H groups in total. The number of ether oxygens (including phenoxy) is 1. The monoisotopic (exact) mass is 225 g/mol. The van der Waals surface area contributed by atoms with E-state index in [1.807, 2.05) is 6.92 Å². The van der Waals surface area contributed by atoms with Crippen LogP contribution in [-0.4, -0.2) is 26.9 Å². The van der Waals surface area contributed by atoms with E-state index >= 15 is 0 Å². The van der Waals surface area contributed by atoms with Crippen LogP contribution in [0.2, 0.25) is 0 Å². The summed E-state index contributed by atoms with van der Waals surface area (Å²) in [6.45, 7) is 1.77. The highest BCUT2D eigenvalue weighted by Gasteiger charge is 2.36. The SMILES string of the molecule is C[C@@]1(CO)CCC(n2ccc(N)nc2=O)O1. The first kappa shape index (κ1) is 11.1. The van der Waals surface area contributed by atoms with E-state index in [0.29, 0.717) is 12.8 Å². The first-order valence-corrected chi connectivity index (χ1v) is 5.17. The summed E-state index contributed by atoms with van der Waals surface area (Å²) in [4.78, 5) is 15.2. The van der Waals surface area contributed by atoms with Crippen LogP contribution in [0.5, 0.6) is 0 Å². The minimum Gasteiger partial charge on any atom is -0.393 e. The van der Waals surface area contributed by atoms with Crippen molar-refractivity contribution < 1.29 is 9.84 Å². The van der Waals surface area contributed by atoms with Crippen molar-refractivity contribution in [2.45, 2.75) is 31.6 Å². The van der Waals surface area contributed by atoms with Gasteiger partial charge in [-0.2, -0.15) is 4.98 Å². The fraction of sp³-hybridized carbons (Fsp3) is 0.600. The Morgan fingerprint density at radius 2 is 2.56 bits per heavy atom. The third-order valence-electron chi connectivity index (χ3n) is 2.84. The molecule has 1 aliphatic rings. The molecule has 1 fully saturated rings. The molecule has 6 nitrogen and oxygen atoms in total. The van der Waals surface area contributed by atoms with E-state index in [2.05, 4.69) is 4.98 Å². The van der Waals surface area contributed by atoms with Crippen molar-refractivity contribution in [3.05, 3.63) is 22.7 Å². The zero-order chi connectivity index (χ0) is 11.8. The Labute approximate surface area is 92.7 Å². The minimum atomic E-state index is -0.564. The molecule has 1 saturated heterocycles. The van der Waals surface area contributed by atoms with E-state index in [-0.39, 0.29) is 18.7 Å². The van der Waals surface area contributed by atoms with E-state index in [0.717, 1.165) is 0 Å². The number of aliphatic hydroxyl groups is 1. The Morgan fingerprint density at radius 3 is 3.12 bits per heavy atom. The topological polar surface area (TPSA) is 90.4 Å². The lowest BCUT2D eigenvalue weighted by molar-refractivity contribution is -0.0881. The van der Waals surface area contributed by atoms with E-state index in [9.17, 15) is 4.79 Å². The number of nitrogen functional groups attached to an aromatic ring is 1. The molecule has 0 bridgehead atoms. The van der Waals surface area contributed by atoms with Crippen LogP contribution < -0.4 is 11.4 Å². The minimum absolute atomic E-state index is 0.0549. The van der Waals surface area contributed by atoms with Crippen LogP contribution in [0.3, 0.4) is 0 Å². The van der Waals surface area contributed by atoms with Gasteiger partial charge in [0.2, 0.25) is 0 Å². The molecular formula is C10H15N3O3. The maximum atomic E-state index is 11.6. The quantitative estimate of drug-likeness (QED) is 0.732. The Hall–Kier alpha value is -1.40. The molecule has 16 heavy (non-hydrogen) atoms. The number of aromatic nitrogens is 2. The average molecular weight is 225 g/mol. The second-order valence-electron chi connectivity index (χ2n) is 4.26. The van der Waals surface area contributed by atoms with Gasteiger partial charge in [0.1, 0.15) is 12.0 Å². The highest BCUT2D eigenvalue weighted by atomic mass is 16.5. The van der Waals surface area contributed by atoms with Crippen molar-refractivity contribution in [1.82, 2.24) is 9.55 Å². The molecule has 0 aromatic carbocycles. The maximum absolute atomic E-state index is 11.6. The predicted octanol–water partition coefficient (Wildman–Crippen LogP) is -0.114. The first-order valence-electron chi connectivity index (χ1n) is 5.17. The standard InChI is InChI=1S/C10H15N3O3/c1-10(6-14)4-2-8(16-10)13-5-3-7(11)12-9(13)15/h3,5,8,14H,2,4,6H2,1H3,(H2,11,12,15)/t8?,10-/m0/s1. The molecule has 0 amide bonds. The van der Waals surface area contributed by atoms with Gasteiger partial charge >= 0.3 is 5.69 Å². The number of hydrogen-bond donors (Lipinski definition) is 2. The predicted molar refractivity (Wildman–Crippen MR) is 57.8 cm³/mol. The number of aliphatic hydroxyl groups excluding tert-OH is 1. The van der Waals surface area contributed by atoms with Crippen LogP contribution in [0, 0.1) is 0 Å². The fourth-order valence-corrected chi connectivity index (χ4v) is 1.83. The summed E-state index contributed by atoms with van der Waals surface area (Å²) < 4.78 is 7.04. The van der Waals surface area contributed by atoms with Gasteiger partial charge in [0.05, 0.1) is 12.2 Å². The number of nitrogens with zero attached hydrogens (tertiary/aromatic N) is 2. The molecule has 2 atom stereocenters. The van der Waals surface area contributed by atoms with Gasteiger partial charge in [-0.05, 0) is 25.8 Å². The first-order chi connectivity index (χ1) is 7.54. The zero-order valence-corrected chi connectivity index (χ0v) is 9.09. The van der Waals surface area contributed by atoms with E-state index in [1.54, 1.807) is 12.3 Å². The zero-order valence-electron chi connectivity index (χ0n) is 9.09. The molecule has 0 aliphatic carbocycles. The van der Waals surface area contributed by atoms with Gasteiger partial charge < -0.3 is 15.6 Å². The Morgan fingerprint density at radius 1 is 1.81 bits per heavy atom. The third kappa shape index (κ3) is 1.94. The second-order valence-corrected chi connectivity index (χ2v) is 4.26. The van der Waals surface area contributed by atoms with Gasteiger partial charge in [0.15, 0.2) is 0 Å². The third-order valence-corrected chi connectivity index (χ3v) is 2.84. The van der Waals surface area contributed by atoms with E-state index in [1.165, 1.54) is 4.57 Å². The molecular weight excluding hydrogens is 210 g/mol. The van der Waals surface area contributed by atoms with Crippen molar-refractivity contribution >= 4 is 5.82 Å². The van der Waals surface area contributed by atoms with E-state index in [4.69, 9.17) is 15.6 Å². The molecule has 0 spiro atoms. The number of nitrogens with two attached hydrogens (primary N) is 1. The van der Waals surface area contributed by atoms with Gasteiger partial charge in [0.25, 0.3) is 0 Å². The normalized spacial score (nSPS) is 29.5. The molecule has 6 heteroatoms. The summed E-state index contributed by atoms with van der Waals surface area (Å²) in [7, 11) is 0. The van der Waals surface area contributed by atoms with Crippen molar-refractivity contribution in [2.75, 3.05) is 12.3 Å². The largest absolute Gasteiger partial charge is 0.393 e. The molecule has 0 radical (unpaired) electrons. The summed E-state index contributed by atoms with van der Waals surface area (Å²) in [5.74, 6) is 0.198. The molecule has 88 valence electrons. The Kier molecular flexibility index (Phi) is 2.69. The molecule has 1 aromatic heterocycles. The average Bonchev–Trinajstić information content (AvgIpc) is 2.62. The summed E-state index contributed by atoms with van der Waals surface area (Å²) in [6, 6.07) is 1.55. The summed E-state index contributed by atoms with van der Waals surface area (Å²) >= 11 is 0. The van der Waals surface area contributed by atoms with Crippen LogP contribution in [0.4, 0.5) is 5.82 Å². The van der Waals surface area contributed by atoms with E-state index < -0.39 is 11.3 Å². The van der Waals surface area contributed by atoms with Crippen LogP contribution in [-0.2, 0) is 4.74 Å². The number of hydrogen-bond acceptors (Lipinski definition) is 5. The van der Waals surface area contributed by atoms with Gasteiger partial charge in [-0.3, -0.25) is 4.57 Å².